The molecule has 0 aliphatic heterocycles. The van der Waals surface area contributed by atoms with Gasteiger partial charge in [0.05, 0.1) is 0 Å². The van der Waals surface area contributed by atoms with E-state index in [1.807, 2.05) is 0 Å². The number of aromatic nitrogens is 3. The smallest absolute Gasteiger partial charge is 0.227 e. The van der Waals surface area contributed by atoms with Crippen LogP contribution in [0.3, 0.4) is 0 Å². The van der Waals surface area contributed by atoms with Crippen LogP contribution in [-0.4, -0.2) is 15.1 Å². The molecule has 3 rings (SSSR count). The number of hydrogen-bond donors (Lipinski definition) is 0. The Labute approximate surface area is 135 Å². The molecule has 0 aliphatic carbocycles. The topological polar surface area (TPSA) is 65.0 Å². The third-order valence-electron chi connectivity index (χ3n) is 3.91. The van der Waals surface area contributed by atoms with E-state index in [0.29, 0.717) is 35.6 Å². The van der Waals surface area contributed by atoms with E-state index in [1.54, 1.807) is 6.26 Å². The van der Waals surface area contributed by atoms with Gasteiger partial charge in [-0.15, -0.1) is 0 Å². The molecule has 2 aromatic heterocycles. The van der Waals surface area contributed by atoms with Gasteiger partial charge < -0.3 is 8.94 Å². The van der Waals surface area contributed by atoms with Crippen molar-refractivity contribution in [2.24, 2.45) is 0 Å². The Morgan fingerprint density at radius 1 is 1.13 bits per heavy atom. The average Bonchev–Trinajstić information content (AvgIpc) is 3.17. The maximum atomic E-state index is 5.40. The lowest BCUT2D eigenvalue weighted by Crippen LogP contribution is -2.01. The van der Waals surface area contributed by atoms with Crippen molar-refractivity contribution in [2.45, 2.75) is 46.0 Å². The lowest BCUT2D eigenvalue weighted by atomic mass is 9.94. The Morgan fingerprint density at radius 2 is 1.96 bits per heavy atom. The largest absolute Gasteiger partial charge is 0.448 e. The second-order valence-electron chi connectivity index (χ2n) is 5.85. The Balaban J connectivity index is 1.73. The number of nitrogens with zero attached hydrogens (tertiary/aromatic N) is 3. The zero-order valence-corrected chi connectivity index (χ0v) is 13.7. The summed E-state index contributed by atoms with van der Waals surface area (Å²) in [6.45, 7) is 6.38. The molecule has 0 radical (unpaired) electrons. The monoisotopic (exact) mass is 311 g/mol. The lowest BCUT2D eigenvalue weighted by molar-refractivity contribution is 0.371. The number of aryl methyl sites for hydroxylation is 2. The van der Waals surface area contributed by atoms with Crippen LogP contribution in [0.5, 0.6) is 0 Å². The molecular weight excluding hydrogens is 290 g/mol. The fourth-order valence-electron chi connectivity index (χ4n) is 2.70. The van der Waals surface area contributed by atoms with Gasteiger partial charge in [-0.1, -0.05) is 43.3 Å². The molecule has 120 valence electrons. The van der Waals surface area contributed by atoms with Gasteiger partial charge in [-0.3, -0.25) is 0 Å². The Kier molecular flexibility index (Phi) is 4.55. The van der Waals surface area contributed by atoms with Gasteiger partial charge in [0.1, 0.15) is 12.0 Å². The molecule has 0 saturated heterocycles. The SMILES string of the molecule is CCCc1nc(-c2noc(CC(C)c3ccccc3C)n2)co1. The first kappa shape index (κ1) is 15.5. The van der Waals surface area contributed by atoms with E-state index < -0.39 is 0 Å². The van der Waals surface area contributed by atoms with Crippen LogP contribution in [0.15, 0.2) is 39.5 Å². The highest BCUT2D eigenvalue weighted by Crippen LogP contribution is 2.24. The highest BCUT2D eigenvalue weighted by atomic mass is 16.5. The van der Waals surface area contributed by atoms with Crippen molar-refractivity contribution in [3.8, 4) is 11.5 Å². The molecule has 1 unspecified atom stereocenters. The molecule has 5 heteroatoms. The number of oxazole rings is 1. The summed E-state index contributed by atoms with van der Waals surface area (Å²) in [7, 11) is 0. The highest BCUT2D eigenvalue weighted by Gasteiger charge is 2.16. The molecule has 0 bridgehead atoms. The van der Waals surface area contributed by atoms with Crippen LogP contribution in [-0.2, 0) is 12.8 Å². The third-order valence-corrected chi connectivity index (χ3v) is 3.91. The number of benzene rings is 1. The van der Waals surface area contributed by atoms with Crippen molar-refractivity contribution in [3.63, 3.8) is 0 Å². The Bertz CT molecular complexity index is 776. The van der Waals surface area contributed by atoms with Crippen molar-refractivity contribution < 1.29 is 8.94 Å². The van der Waals surface area contributed by atoms with E-state index in [2.05, 4.69) is 60.2 Å². The van der Waals surface area contributed by atoms with Crippen molar-refractivity contribution >= 4 is 0 Å². The molecule has 1 atom stereocenters. The van der Waals surface area contributed by atoms with Gasteiger partial charge in [0.15, 0.2) is 5.89 Å². The molecule has 23 heavy (non-hydrogen) atoms. The van der Waals surface area contributed by atoms with Gasteiger partial charge in [-0.2, -0.15) is 4.98 Å². The summed E-state index contributed by atoms with van der Waals surface area (Å²) >= 11 is 0. The first-order valence-corrected chi connectivity index (χ1v) is 8.00. The molecule has 5 nitrogen and oxygen atoms in total. The van der Waals surface area contributed by atoms with Crippen LogP contribution in [0.2, 0.25) is 0 Å². The van der Waals surface area contributed by atoms with Crippen LogP contribution in [0.4, 0.5) is 0 Å². The number of hydrogen-bond acceptors (Lipinski definition) is 5. The second kappa shape index (κ2) is 6.77. The van der Waals surface area contributed by atoms with Crippen LogP contribution in [0.1, 0.15) is 49.1 Å². The van der Waals surface area contributed by atoms with Gasteiger partial charge >= 0.3 is 0 Å². The second-order valence-corrected chi connectivity index (χ2v) is 5.85. The van der Waals surface area contributed by atoms with Crippen molar-refractivity contribution in [1.29, 1.82) is 0 Å². The maximum Gasteiger partial charge on any atom is 0.227 e. The van der Waals surface area contributed by atoms with Crippen LogP contribution in [0, 0.1) is 6.92 Å². The normalized spacial score (nSPS) is 12.5. The molecule has 0 aliphatic rings. The predicted molar refractivity (Wildman–Crippen MR) is 87.1 cm³/mol. The van der Waals surface area contributed by atoms with Crippen LogP contribution < -0.4 is 0 Å². The minimum absolute atomic E-state index is 0.317. The van der Waals surface area contributed by atoms with Crippen LogP contribution in [0.25, 0.3) is 11.5 Å². The summed E-state index contributed by atoms with van der Waals surface area (Å²) in [5, 5.41) is 4.02. The predicted octanol–water partition coefficient (Wildman–Crippen LogP) is 4.33. The average molecular weight is 311 g/mol. The fourth-order valence-corrected chi connectivity index (χ4v) is 2.70. The van der Waals surface area contributed by atoms with E-state index in [4.69, 9.17) is 8.94 Å². The maximum absolute atomic E-state index is 5.40. The van der Waals surface area contributed by atoms with E-state index in [9.17, 15) is 0 Å². The third kappa shape index (κ3) is 3.50. The molecule has 0 amide bonds. The minimum Gasteiger partial charge on any atom is -0.448 e. The lowest BCUT2D eigenvalue weighted by Gasteiger charge is -2.11. The summed E-state index contributed by atoms with van der Waals surface area (Å²) in [4.78, 5) is 8.83. The molecule has 2 heterocycles. The first-order chi connectivity index (χ1) is 11.2. The van der Waals surface area contributed by atoms with Gasteiger partial charge in [0.25, 0.3) is 0 Å². The van der Waals surface area contributed by atoms with E-state index in [-0.39, 0.29) is 0 Å². The van der Waals surface area contributed by atoms with Gasteiger partial charge in [0, 0.05) is 12.8 Å². The molecule has 3 aromatic rings. The van der Waals surface area contributed by atoms with E-state index in [1.165, 1.54) is 11.1 Å². The van der Waals surface area contributed by atoms with E-state index >= 15 is 0 Å². The number of rotatable bonds is 6. The molecule has 0 N–H and O–H groups in total. The molecule has 1 aromatic carbocycles. The van der Waals surface area contributed by atoms with Gasteiger partial charge in [0.2, 0.25) is 11.7 Å². The summed E-state index contributed by atoms with van der Waals surface area (Å²) in [6, 6.07) is 8.37. The van der Waals surface area contributed by atoms with Gasteiger partial charge in [-0.25, -0.2) is 4.98 Å². The van der Waals surface area contributed by atoms with Crippen LogP contribution >= 0.6 is 0 Å². The molecule has 0 spiro atoms. The van der Waals surface area contributed by atoms with Crippen molar-refractivity contribution in [2.75, 3.05) is 0 Å². The first-order valence-electron chi connectivity index (χ1n) is 8.00. The zero-order chi connectivity index (χ0) is 16.2. The Hall–Kier alpha value is -2.43. The van der Waals surface area contributed by atoms with Gasteiger partial charge in [-0.05, 0) is 30.4 Å². The summed E-state index contributed by atoms with van der Waals surface area (Å²) < 4.78 is 10.8. The zero-order valence-electron chi connectivity index (χ0n) is 13.7. The molecular formula is C18H21N3O2. The highest BCUT2D eigenvalue weighted by molar-refractivity contribution is 5.45. The summed E-state index contributed by atoms with van der Waals surface area (Å²) in [6.07, 6.45) is 4.10. The van der Waals surface area contributed by atoms with Crippen molar-refractivity contribution in [3.05, 3.63) is 53.4 Å². The quantitative estimate of drug-likeness (QED) is 0.678. The molecule has 0 saturated carbocycles. The Morgan fingerprint density at radius 3 is 2.74 bits per heavy atom. The minimum atomic E-state index is 0.317. The van der Waals surface area contributed by atoms with E-state index in [0.717, 1.165) is 12.8 Å². The summed E-state index contributed by atoms with van der Waals surface area (Å²) in [5.41, 5.74) is 3.21. The fraction of sp³-hybridized carbons (Fsp3) is 0.389. The summed E-state index contributed by atoms with van der Waals surface area (Å²) in [5.74, 6) is 2.14. The standard InChI is InChI=1S/C18H21N3O2/c1-4-7-16-19-15(11-22-16)18-20-17(23-21-18)10-13(3)14-9-6-5-8-12(14)2/h5-6,8-9,11,13H,4,7,10H2,1-3H3. The van der Waals surface area contributed by atoms with Crippen molar-refractivity contribution in [1.82, 2.24) is 15.1 Å². The molecule has 0 fully saturated rings.